The molecule has 2 aromatic rings. The van der Waals surface area contributed by atoms with Gasteiger partial charge in [-0.05, 0) is 30.7 Å². The first-order valence-corrected chi connectivity index (χ1v) is 5.27. The summed E-state index contributed by atoms with van der Waals surface area (Å²) in [5, 5.41) is 7.50. The molecule has 2 rings (SSSR count). The summed E-state index contributed by atoms with van der Waals surface area (Å²) in [6.45, 7) is 2.25. The molecule has 0 fully saturated rings. The summed E-state index contributed by atoms with van der Waals surface area (Å²) >= 11 is 0. The molecule has 1 heterocycles. The normalized spacial score (nSPS) is 10.2. The quantitative estimate of drug-likeness (QED) is 0.626. The number of rotatable bonds is 4. The number of ether oxygens (including phenoxy) is 1. The van der Waals surface area contributed by atoms with E-state index >= 15 is 0 Å². The molecule has 1 aromatic heterocycles. The molecule has 88 valence electrons. The number of hydrogen-bond acceptors (Lipinski definition) is 3. The zero-order valence-corrected chi connectivity index (χ0v) is 9.57. The number of furan rings is 1. The first-order valence-electron chi connectivity index (χ1n) is 5.27. The maximum Gasteiger partial charge on any atom is 0.146 e. The van der Waals surface area contributed by atoms with E-state index < -0.39 is 0 Å². The average Bonchev–Trinajstić information content (AvgIpc) is 2.80. The van der Waals surface area contributed by atoms with Crippen molar-refractivity contribution >= 4 is 5.84 Å². The van der Waals surface area contributed by atoms with Crippen molar-refractivity contribution in [1.82, 2.24) is 0 Å². The Hall–Kier alpha value is -2.23. The Morgan fingerprint density at radius 3 is 2.82 bits per heavy atom. The molecule has 0 atom stereocenters. The van der Waals surface area contributed by atoms with Gasteiger partial charge in [0.05, 0.1) is 11.8 Å². The average molecular weight is 230 g/mol. The number of nitrogens with one attached hydrogen (secondary N) is 1. The van der Waals surface area contributed by atoms with Crippen molar-refractivity contribution < 1.29 is 9.15 Å². The molecule has 0 saturated carbocycles. The van der Waals surface area contributed by atoms with Crippen molar-refractivity contribution in [2.45, 2.75) is 13.5 Å². The van der Waals surface area contributed by atoms with Crippen molar-refractivity contribution in [2.24, 2.45) is 5.73 Å². The molecule has 0 aliphatic heterocycles. The molecule has 0 unspecified atom stereocenters. The van der Waals surface area contributed by atoms with E-state index in [0.29, 0.717) is 17.9 Å². The molecular formula is C13H14N2O2. The molecule has 0 saturated heterocycles. The van der Waals surface area contributed by atoms with Crippen LogP contribution in [0.25, 0.3) is 0 Å². The molecule has 0 aliphatic carbocycles. The molecule has 3 N–H and O–H groups in total. The van der Waals surface area contributed by atoms with Crippen molar-refractivity contribution in [3.8, 4) is 5.75 Å². The van der Waals surface area contributed by atoms with Gasteiger partial charge in [-0.25, -0.2) is 0 Å². The van der Waals surface area contributed by atoms with Gasteiger partial charge in [-0.1, -0.05) is 12.1 Å². The third-order valence-corrected chi connectivity index (χ3v) is 2.44. The van der Waals surface area contributed by atoms with E-state index in [1.807, 2.05) is 31.2 Å². The minimum Gasteiger partial charge on any atom is -0.485 e. The van der Waals surface area contributed by atoms with Crippen molar-refractivity contribution in [1.29, 1.82) is 5.41 Å². The standard InChI is InChI=1S/C13H14N2O2/c1-9-4-2-6-11(13(14)15)12(9)17-8-10-5-3-7-16-10/h2-7H,8H2,1H3,(H3,14,15). The molecule has 0 amide bonds. The second-order valence-electron chi connectivity index (χ2n) is 3.73. The largest absolute Gasteiger partial charge is 0.485 e. The number of amidine groups is 1. The molecule has 1 aromatic carbocycles. The van der Waals surface area contributed by atoms with Crippen LogP contribution in [0, 0.1) is 12.3 Å². The van der Waals surface area contributed by atoms with Gasteiger partial charge in [-0.3, -0.25) is 5.41 Å². The number of aryl methyl sites for hydroxylation is 1. The third-order valence-electron chi connectivity index (χ3n) is 2.44. The summed E-state index contributed by atoms with van der Waals surface area (Å²) in [6.07, 6.45) is 1.60. The maximum absolute atomic E-state index is 7.50. The van der Waals surface area contributed by atoms with Gasteiger partial charge in [0.1, 0.15) is 24.0 Å². The molecule has 17 heavy (non-hydrogen) atoms. The highest BCUT2D eigenvalue weighted by molar-refractivity contribution is 5.98. The monoisotopic (exact) mass is 230 g/mol. The number of hydrogen-bond donors (Lipinski definition) is 2. The minimum atomic E-state index is 0.00291. The highest BCUT2D eigenvalue weighted by Gasteiger charge is 2.10. The molecule has 0 aliphatic rings. The lowest BCUT2D eigenvalue weighted by Crippen LogP contribution is -2.13. The number of benzene rings is 1. The number of para-hydroxylation sites is 1. The Kier molecular flexibility index (Phi) is 3.14. The summed E-state index contributed by atoms with van der Waals surface area (Å²) in [5.41, 5.74) is 7.07. The zero-order chi connectivity index (χ0) is 12.3. The van der Waals surface area contributed by atoms with Gasteiger partial charge in [-0.15, -0.1) is 0 Å². The molecule has 4 heteroatoms. The van der Waals surface area contributed by atoms with Gasteiger partial charge < -0.3 is 14.9 Å². The van der Waals surface area contributed by atoms with Gasteiger partial charge in [0.15, 0.2) is 0 Å². The summed E-state index contributed by atoms with van der Waals surface area (Å²) in [4.78, 5) is 0. The Labute approximate surface area is 99.5 Å². The van der Waals surface area contributed by atoms with Crippen LogP contribution in [0.3, 0.4) is 0 Å². The van der Waals surface area contributed by atoms with Crippen molar-refractivity contribution in [3.63, 3.8) is 0 Å². The van der Waals surface area contributed by atoms with Gasteiger partial charge in [0, 0.05) is 0 Å². The first kappa shape index (κ1) is 11.3. The maximum atomic E-state index is 7.50. The number of nitrogen functional groups attached to an aromatic ring is 1. The summed E-state index contributed by atoms with van der Waals surface area (Å²) in [7, 11) is 0. The fourth-order valence-electron chi connectivity index (χ4n) is 1.59. The van der Waals surface area contributed by atoms with Crippen LogP contribution in [0.5, 0.6) is 5.75 Å². The van der Waals surface area contributed by atoms with Crippen molar-refractivity contribution in [2.75, 3.05) is 0 Å². The van der Waals surface area contributed by atoms with Crippen LogP contribution < -0.4 is 10.5 Å². The van der Waals surface area contributed by atoms with Gasteiger partial charge in [-0.2, -0.15) is 0 Å². The van der Waals surface area contributed by atoms with Gasteiger partial charge in [0.25, 0.3) is 0 Å². The molecule has 4 nitrogen and oxygen atoms in total. The summed E-state index contributed by atoms with van der Waals surface area (Å²) in [6, 6.07) is 9.19. The van der Waals surface area contributed by atoms with E-state index in [1.165, 1.54) is 0 Å². The topological polar surface area (TPSA) is 72.2 Å². The number of nitrogens with two attached hydrogens (primary N) is 1. The fraction of sp³-hybridized carbons (Fsp3) is 0.154. The van der Waals surface area contributed by atoms with E-state index in [-0.39, 0.29) is 5.84 Å². The molecule has 0 bridgehead atoms. The molecule has 0 radical (unpaired) electrons. The Bertz CT molecular complexity index is 518. The Morgan fingerprint density at radius 1 is 1.35 bits per heavy atom. The lowest BCUT2D eigenvalue weighted by Gasteiger charge is -2.12. The fourth-order valence-corrected chi connectivity index (χ4v) is 1.59. The van der Waals surface area contributed by atoms with Gasteiger partial charge in [0.2, 0.25) is 0 Å². The second kappa shape index (κ2) is 4.74. The van der Waals surface area contributed by atoms with Crippen LogP contribution in [0.4, 0.5) is 0 Å². The Morgan fingerprint density at radius 2 is 2.18 bits per heavy atom. The smallest absolute Gasteiger partial charge is 0.146 e. The predicted octanol–water partition coefficient (Wildman–Crippen LogP) is 2.45. The van der Waals surface area contributed by atoms with Crippen LogP contribution >= 0.6 is 0 Å². The molecule has 0 spiro atoms. The zero-order valence-electron chi connectivity index (χ0n) is 9.57. The predicted molar refractivity (Wildman–Crippen MR) is 65.2 cm³/mol. The lowest BCUT2D eigenvalue weighted by molar-refractivity contribution is 0.268. The highest BCUT2D eigenvalue weighted by atomic mass is 16.5. The third kappa shape index (κ3) is 2.47. The Balaban J connectivity index is 2.22. The van der Waals surface area contributed by atoms with E-state index in [9.17, 15) is 0 Å². The van der Waals surface area contributed by atoms with E-state index in [4.69, 9.17) is 20.3 Å². The van der Waals surface area contributed by atoms with Crippen LogP contribution in [0.2, 0.25) is 0 Å². The van der Waals surface area contributed by atoms with E-state index in [2.05, 4.69) is 0 Å². The van der Waals surface area contributed by atoms with Crippen LogP contribution in [-0.4, -0.2) is 5.84 Å². The van der Waals surface area contributed by atoms with Crippen LogP contribution in [0.1, 0.15) is 16.9 Å². The summed E-state index contributed by atoms with van der Waals surface area (Å²) in [5.74, 6) is 1.38. The van der Waals surface area contributed by atoms with E-state index in [1.54, 1.807) is 12.3 Å². The van der Waals surface area contributed by atoms with Crippen LogP contribution in [-0.2, 0) is 6.61 Å². The van der Waals surface area contributed by atoms with Gasteiger partial charge >= 0.3 is 0 Å². The molecular weight excluding hydrogens is 216 g/mol. The summed E-state index contributed by atoms with van der Waals surface area (Å²) < 4.78 is 10.8. The van der Waals surface area contributed by atoms with E-state index in [0.717, 1.165) is 11.3 Å². The van der Waals surface area contributed by atoms with Crippen LogP contribution in [0.15, 0.2) is 41.0 Å². The van der Waals surface area contributed by atoms with Crippen molar-refractivity contribution in [3.05, 3.63) is 53.5 Å². The SMILES string of the molecule is Cc1cccc(C(=N)N)c1OCc1ccco1. The minimum absolute atomic E-state index is 0.00291. The second-order valence-corrected chi connectivity index (χ2v) is 3.73. The first-order chi connectivity index (χ1) is 8.18. The highest BCUT2D eigenvalue weighted by Crippen LogP contribution is 2.24. The lowest BCUT2D eigenvalue weighted by atomic mass is 10.1.